The molecule has 17 heavy (non-hydrogen) atoms. The first-order valence-corrected chi connectivity index (χ1v) is 6.55. The Balaban J connectivity index is 2.08. The van der Waals surface area contributed by atoms with Crippen LogP contribution in [0.4, 0.5) is 0 Å². The molecule has 0 saturated carbocycles. The van der Waals surface area contributed by atoms with Crippen molar-refractivity contribution in [3.63, 3.8) is 0 Å². The van der Waals surface area contributed by atoms with E-state index < -0.39 is 6.10 Å². The zero-order valence-corrected chi connectivity index (χ0v) is 10.9. The molecule has 0 bridgehead atoms. The van der Waals surface area contributed by atoms with Gasteiger partial charge in [-0.2, -0.15) is 0 Å². The van der Waals surface area contributed by atoms with Crippen LogP contribution in [-0.4, -0.2) is 14.7 Å². The fourth-order valence-corrected chi connectivity index (χ4v) is 2.75. The molecule has 1 aromatic heterocycles. The van der Waals surface area contributed by atoms with Crippen molar-refractivity contribution >= 4 is 15.9 Å². The number of benzene rings is 1. The number of hydrogen-bond acceptors (Lipinski definition) is 2. The minimum atomic E-state index is -0.417. The first-order valence-electron chi connectivity index (χ1n) is 5.76. The highest BCUT2D eigenvalue weighted by molar-refractivity contribution is 9.10. The number of fused-ring (bicyclic) bond motifs is 1. The predicted octanol–water partition coefficient (Wildman–Crippen LogP) is 3.14. The highest BCUT2D eigenvalue weighted by atomic mass is 79.9. The minimum Gasteiger partial charge on any atom is -0.385 e. The predicted molar refractivity (Wildman–Crippen MR) is 69.6 cm³/mol. The van der Waals surface area contributed by atoms with Crippen LogP contribution < -0.4 is 0 Å². The van der Waals surface area contributed by atoms with E-state index >= 15 is 0 Å². The number of aryl methyl sites for hydroxylation is 1. The van der Waals surface area contributed by atoms with Gasteiger partial charge in [0.1, 0.15) is 11.9 Å². The second-order valence-corrected chi connectivity index (χ2v) is 5.17. The van der Waals surface area contributed by atoms with Gasteiger partial charge in [-0.05, 0) is 18.9 Å². The van der Waals surface area contributed by atoms with E-state index in [4.69, 9.17) is 0 Å². The Kier molecular flexibility index (Phi) is 2.76. The van der Waals surface area contributed by atoms with Crippen molar-refractivity contribution in [2.24, 2.45) is 0 Å². The Labute approximate surface area is 108 Å². The summed E-state index contributed by atoms with van der Waals surface area (Å²) in [4.78, 5) is 4.55. The van der Waals surface area contributed by atoms with Crippen molar-refractivity contribution < 1.29 is 5.11 Å². The van der Waals surface area contributed by atoms with Crippen LogP contribution in [0.1, 0.15) is 24.8 Å². The lowest BCUT2D eigenvalue weighted by Gasteiger charge is -2.18. The lowest BCUT2D eigenvalue weighted by molar-refractivity contribution is 0.134. The van der Waals surface area contributed by atoms with Crippen molar-refractivity contribution in [1.82, 2.24) is 9.55 Å². The van der Waals surface area contributed by atoms with Crippen LogP contribution in [-0.2, 0) is 6.54 Å². The molecule has 2 heterocycles. The van der Waals surface area contributed by atoms with E-state index in [0.29, 0.717) is 0 Å². The zero-order chi connectivity index (χ0) is 11.8. The third-order valence-corrected chi connectivity index (χ3v) is 3.82. The topological polar surface area (TPSA) is 38.0 Å². The summed E-state index contributed by atoms with van der Waals surface area (Å²) in [6, 6.07) is 8.02. The van der Waals surface area contributed by atoms with Crippen molar-refractivity contribution in [1.29, 1.82) is 0 Å². The lowest BCUT2D eigenvalue weighted by Crippen LogP contribution is -2.14. The molecule has 0 fully saturated rings. The maximum absolute atomic E-state index is 9.90. The van der Waals surface area contributed by atoms with Gasteiger partial charge in [0.05, 0.1) is 5.69 Å². The molecule has 0 radical (unpaired) electrons. The SMILES string of the molecule is O[C@H]1CCCn2cc(-c3ccccc3Br)nc21. The van der Waals surface area contributed by atoms with E-state index in [1.165, 1.54) is 0 Å². The van der Waals surface area contributed by atoms with Crippen molar-refractivity contribution in [3.8, 4) is 11.3 Å². The summed E-state index contributed by atoms with van der Waals surface area (Å²) < 4.78 is 3.09. The van der Waals surface area contributed by atoms with Gasteiger partial charge < -0.3 is 9.67 Å². The molecule has 0 aliphatic carbocycles. The van der Waals surface area contributed by atoms with Gasteiger partial charge in [0.25, 0.3) is 0 Å². The van der Waals surface area contributed by atoms with E-state index in [9.17, 15) is 5.11 Å². The van der Waals surface area contributed by atoms with Crippen LogP contribution in [0.5, 0.6) is 0 Å². The Morgan fingerprint density at radius 3 is 2.94 bits per heavy atom. The van der Waals surface area contributed by atoms with Crippen LogP contribution in [0.3, 0.4) is 0 Å². The number of imidazole rings is 1. The van der Waals surface area contributed by atoms with E-state index in [0.717, 1.165) is 40.9 Å². The molecule has 3 rings (SSSR count). The summed E-state index contributed by atoms with van der Waals surface area (Å²) in [5.41, 5.74) is 2.00. The van der Waals surface area contributed by atoms with Gasteiger partial charge in [0, 0.05) is 22.8 Å². The largest absolute Gasteiger partial charge is 0.385 e. The Bertz CT molecular complexity index is 550. The summed E-state index contributed by atoms with van der Waals surface area (Å²) in [6.45, 7) is 0.948. The van der Waals surface area contributed by atoms with E-state index in [-0.39, 0.29) is 0 Å². The quantitative estimate of drug-likeness (QED) is 0.877. The number of aromatic nitrogens is 2. The number of aliphatic hydroxyl groups excluding tert-OH is 1. The number of halogens is 1. The Morgan fingerprint density at radius 2 is 2.18 bits per heavy atom. The van der Waals surface area contributed by atoms with Gasteiger partial charge in [-0.25, -0.2) is 4.98 Å². The highest BCUT2D eigenvalue weighted by Gasteiger charge is 2.21. The van der Waals surface area contributed by atoms with Crippen LogP contribution in [0.2, 0.25) is 0 Å². The molecule has 0 amide bonds. The first-order chi connectivity index (χ1) is 8.25. The normalized spacial score (nSPS) is 19.1. The van der Waals surface area contributed by atoms with E-state index in [1.54, 1.807) is 0 Å². The standard InChI is InChI=1S/C13H13BrN2O/c14-10-5-2-1-4-9(10)11-8-16-7-3-6-12(17)13(16)15-11/h1-2,4-5,8,12,17H,3,6-7H2/t12-/m0/s1. The number of hydrogen-bond donors (Lipinski definition) is 1. The van der Waals surface area contributed by atoms with E-state index in [2.05, 4.69) is 25.5 Å². The van der Waals surface area contributed by atoms with Crippen LogP contribution in [0.25, 0.3) is 11.3 Å². The molecule has 0 saturated heterocycles. The molecular weight excluding hydrogens is 280 g/mol. The maximum atomic E-state index is 9.90. The summed E-state index contributed by atoms with van der Waals surface area (Å²) in [5.74, 6) is 0.794. The summed E-state index contributed by atoms with van der Waals surface area (Å²) in [7, 11) is 0. The van der Waals surface area contributed by atoms with Crippen LogP contribution >= 0.6 is 15.9 Å². The molecule has 0 unspecified atom stereocenters. The van der Waals surface area contributed by atoms with Crippen molar-refractivity contribution in [2.75, 3.05) is 0 Å². The second kappa shape index (κ2) is 4.27. The first kappa shape index (κ1) is 11.0. The third kappa shape index (κ3) is 1.91. The van der Waals surface area contributed by atoms with Gasteiger partial charge >= 0.3 is 0 Å². The van der Waals surface area contributed by atoms with Crippen LogP contribution in [0.15, 0.2) is 34.9 Å². The van der Waals surface area contributed by atoms with Gasteiger partial charge in [-0.1, -0.05) is 34.1 Å². The fourth-order valence-electron chi connectivity index (χ4n) is 2.26. The third-order valence-electron chi connectivity index (χ3n) is 3.13. The molecular formula is C13H13BrN2O. The number of aliphatic hydroxyl groups is 1. The maximum Gasteiger partial charge on any atom is 0.138 e. The Morgan fingerprint density at radius 1 is 1.35 bits per heavy atom. The Hall–Kier alpha value is -1.13. The van der Waals surface area contributed by atoms with E-state index in [1.807, 2.05) is 30.5 Å². The highest BCUT2D eigenvalue weighted by Crippen LogP contribution is 2.31. The summed E-state index contributed by atoms with van der Waals surface area (Å²) in [5, 5.41) is 9.90. The van der Waals surface area contributed by atoms with Crippen molar-refractivity contribution in [3.05, 3.63) is 40.8 Å². The molecule has 1 aromatic carbocycles. The molecule has 88 valence electrons. The summed E-state index contributed by atoms with van der Waals surface area (Å²) >= 11 is 3.53. The molecule has 0 spiro atoms. The number of rotatable bonds is 1. The second-order valence-electron chi connectivity index (χ2n) is 4.32. The smallest absolute Gasteiger partial charge is 0.138 e. The minimum absolute atomic E-state index is 0.417. The lowest BCUT2D eigenvalue weighted by atomic mass is 10.1. The van der Waals surface area contributed by atoms with Gasteiger partial charge in [0.15, 0.2) is 0 Å². The van der Waals surface area contributed by atoms with Gasteiger partial charge in [0.2, 0.25) is 0 Å². The zero-order valence-electron chi connectivity index (χ0n) is 9.31. The summed E-state index contributed by atoms with van der Waals surface area (Å²) in [6.07, 6.45) is 3.43. The van der Waals surface area contributed by atoms with Gasteiger partial charge in [-0.3, -0.25) is 0 Å². The van der Waals surface area contributed by atoms with Crippen LogP contribution in [0, 0.1) is 0 Å². The van der Waals surface area contributed by atoms with Crippen molar-refractivity contribution in [2.45, 2.75) is 25.5 Å². The average molecular weight is 293 g/mol. The molecule has 1 N–H and O–H groups in total. The van der Waals surface area contributed by atoms with Gasteiger partial charge in [-0.15, -0.1) is 0 Å². The fraction of sp³-hybridized carbons (Fsp3) is 0.308. The molecule has 4 heteroatoms. The molecule has 1 atom stereocenters. The molecule has 2 aromatic rings. The monoisotopic (exact) mass is 292 g/mol. The number of nitrogens with zero attached hydrogens (tertiary/aromatic N) is 2. The molecule has 3 nitrogen and oxygen atoms in total. The molecule has 1 aliphatic rings. The molecule has 1 aliphatic heterocycles. The average Bonchev–Trinajstić information content (AvgIpc) is 2.75.